The van der Waals surface area contributed by atoms with Gasteiger partial charge in [0.15, 0.2) is 0 Å². The third-order valence-corrected chi connectivity index (χ3v) is 15.5. The van der Waals surface area contributed by atoms with E-state index in [0.29, 0.717) is 17.9 Å². The molecular weight excluding hydrogens is 755 g/mol. The minimum absolute atomic E-state index is 0.00476. The summed E-state index contributed by atoms with van der Waals surface area (Å²) in [6, 6.07) is 34.7. The predicted octanol–water partition coefficient (Wildman–Crippen LogP) is 13.2. The van der Waals surface area contributed by atoms with Crippen LogP contribution in [-0.2, 0) is 11.8 Å². The summed E-state index contributed by atoms with van der Waals surface area (Å²) in [6.07, 6.45) is 29.8. The maximum absolute atomic E-state index is 11.3. The molecule has 13 rings (SSSR count). The number of rotatable bonds is 3. The monoisotopic (exact) mass is 799 g/mol. The third kappa shape index (κ3) is 4.72. The van der Waals surface area contributed by atoms with Gasteiger partial charge in [-0.3, -0.25) is 0 Å². The second-order valence-electron chi connectivity index (χ2n) is 18.7. The summed E-state index contributed by atoms with van der Waals surface area (Å²) in [5, 5.41) is 26.1. The van der Waals surface area contributed by atoms with Crippen molar-refractivity contribution in [1.29, 1.82) is 10.5 Å². The molecule has 6 aliphatic carbocycles. The molecule has 7 aliphatic rings. The molecule has 298 valence electrons. The van der Waals surface area contributed by atoms with Crippen LogP contribution in [0.5, 0.6) is 0 Å². The first-order valence-corrected chi connectivity index (χ1v) is 22.4. The van der Waals surface area contributed by atoms with Gasteiger partial charge in [-0.15, -0.1) is 0 Å². The molecule has 0 saturated carbocycles. The van der Waals surface area contributed by atoms with Gasteiger partial charge < -0.3 is 14.0 Å². The van der Waals surface area contributed by atoms with Crippen LogP contribution in [0.15, 0.2) is 156 Å². The zero-order chi connectivity index (χ0) is 41.4. The molecule has 0 fully saturated rings. The Morgan fingerprint density at radius 2 is 1.53 bits per heavy atom. The largest absolute Gasteiger partial charge is 0.336 e. The van der Waals surface area contributed by atoms with E-state index in [0.717, 1.165) is 53.8 Å². The van der Waals surface area contributed by atoms with E-state index >= 15 is 0 Å². The first-order valence-electron chi connectivity index (χ1n) is 22.4. The molecule has 1 aliphatic heterocycles. The van der Waals surface area contributed by atoms with Crippen molar-refractivity contribution in [3.63, 3.8) is 0 Å². The standard InChI is InChI=1S/C57H45N5/c1-57(2)46-19-9-5-15-39(46)43-30-44-42-18-8-12-22-50(42)62(55(44)31-47(43)57)54-28-35(32-58)53(27-36(54)33-59)61-51-26-24-37(29-45(51)56-38-14-4-3-13-34(38)23-25-52(56)61)60-48-20-10-6-16-40(48)41-17-7-11-21-49(41)60/h3-8,10,12-18,20,22-27,29-31,34-35,38,52,56H,9,11,19,21,28H2,1-2H3. The van der Waals surface area contributed by atoms with Crippen LogP contribution in [-0.4, -0.2) is 15.2 Å². The molecule has 5 nitrogen and oxygen atoms in total. The summed E-state index contributed by atoms with van der Waals surface area (Å²) in [4.78, 5) is 2.43. The van der Waals surface area contributed by atoms with Gasteiger partial charge in [0.2, 0.25) is 0 Å². The molecule has 0 N–H and O–H groups in total. The second kappa shape index (κ2) is 13.0. The van der Waals surface area contributed by atoms with Crippen LogP contribution in [0.1, 0.15) is 73.4 Å². The van der Waals surface area contributed by atoms with Gasteiger partial charge in [0.25, 0.3) is 0 Å². The lowest BCUT2D eigenvalue weighted by Crippen LogP contribution is -2.40. The number of para-hydroxylation sites is 2. The summed E-state index contributed by atoms with van der Waals surface area (Å²) >= 11 is 0. The van der Waals surface area contributed by atoms with Gasteiger partial charge >= 0.3 is 0 Å². The molecule has 4 aromatic carbocycles. The van der Waals surface area contributed by atoms with E-state index in [9.17, 15) is 10.5 Å². The van der Waals surface area contributed by atoms with Crippen molar-refractivity contribution in [1.82, 2.24) is 9.13 Å². The lowest BCUT2D eigenvalue weighted by Gasteiger charge is -2.40. The summed E-state index contributed by atoms with van der Waals surface area (Å²) in [5.74, 6) is 0.286. The van der Waals surface area contributed by atoms with Crippen LogP contribution < -0.4 is 4.90 Å². The number of anilines is 1. The maximum Gasteiger partial charge on any atom is 0.101 e. The zero-order valence-corrected chi connectivity index (χ0v) is 35.0. The Labute approximate surface area is 362 Å². The molecule has 2 aromatic heterocycles. The number of benzene rings is 4. The summed E-state index contributed by atoms with van der Waals surface area (Å²) in [6.45, 7) is 4.73. The van der Waals surface area contributed by atoms with Gasteiger partial charge in [0.05, 0.1) is 40.2 Å². The Balaban J connectivity index is 1.00. The van der Waals surface area contributed by atoms with Gasteiger partial charge in [-0.2, -0.15) is 10.5 Å². The smallest absolute Gasteiger partial charge is 0.101 e. The van der Waals surface area contributed by atoms with E-state index in [1.165, 1.54) is 66.5 Å². The first kappa shape index (κ1) is 35.7. The highest BCUT2D eigenvalue weighted by Gasteiger charge is 2.48. The Morgan fingerprint density at radius 1 is 0.742 bits per heavy atom. The van der Waals surface area contributed by atoms with Crippen molar-refractivity contribution in [2.45, 2.75) is 63.3 Å². The van der Waals surface area contributed by atoms with Crippen molar-refractivity contribution < 1.29 is 0 Å². The van der Waals surface area contributed by atoms with Crippen LogP contribution in [0, 0.1) is 40.4 Å². The van der Waals surface area contributed by atoms with Crippen LogP contribution in [0.3, 0.4) is 0 Å². The first-order chi connectivity index (χ1) is 30.4. The average Bonchev–Trinajstić information content (AvgIpc) is 4.01. The highest BCUT2D eigenvalue weighted by molar-refractivity contribution is 6.12. The van der Waals surface area contributed by atoms with Gasteiger partial charge in [0, 0.05) is 73.9 Å². The molecule has 0 bridgehead atoms. The van der Waals surface area contributed by atoms with E-state index in [2.05, 4.69) is 186 Å². The highest BCUT2D eigenvalue weighted by atomic mass is 15.2. The van der Waals surface area contributed by atoms with Crippen LogP contribution in [0.2, 0.25) is 0 Å². The minimum atomic E-state index is -0.463. The van der Waals surface area contributed by atoms with E-state index in [1.807, 2.05) is 0 Å². The zero-order valence-electron chi connectivity index (χ0n) is 35.0. The number of allylic oxidation sites excluding steroid dienone is 14. The average molecular weight is 800 g/mol. The molecular formula is C57H45N5. The van der Waals surface area contributed by atoms with Gasteiger partial charge in [-0.25, -0.2) is 0 Å². The molecule has 5 atom stereocenters. The van der Waals surface area contributed by atoms with Gasteiger partial charge in [-0.05, 0) is 102 Å². The molecule has 6 aromatic rings. The van der Waals surface area contributed by atoms with Crippen LogP contribution in [0.4, 0.5) is 5.69 Å². The summed E-state index contributed by atoms with van der Waals surface area (Å²) in [5.41, 5.74) is 17.6. The van der Waals surface area contributed by atoms with Crippen molar-refractivity contribution in [3.8, 4) is 17.8 Å². The fourth-order valence-electron chi connectivity index (χ4n) is 12.7. The molecule has 0 radical (unpaired) electrons. The normalized spacial score (nSPS) is 24.8. The number of aromatic nitrogens is 2. The van der Waals surface area contributed by atoms with E-state index < -0.39 is 5.92 Å². The fraction of sp³-hybridized carbons (Fsp3) is 0.228. The van der Waals surface area contributed by atoms with Crippen molar-refractivity contribution >= 4 is 55.7 Å². The number of fused-ring (bicyclic) bond motifs is 13. The van der Waals surface area contributed by atoms with Crippen LogP contribution >= 0.6 is 0 Å². The summed E-state index contributed by atoms with van der Waals surface area (Å²) in [7, 11) is 0. The predicted molar refractivity (Wildman–Crippen MR) is 252 cm³/mol. The second-order valence-corrected chi connectivity index (χ2v) is 18.7. The Kier molecular flexibility index (Phi) is 7.46. The van der Waals surface area contributed by atoms with Crippen LogP contribution in [0.25, 0.3) is 55.7 Å². The Morgan fingerprint density at radius 3 is 2.39 bits per heavy atom. The Hall–Kier alpha value is -7.08. The SMILES string of the molecule is CC1(C)C2=C(C=CCC2)c2cc3c4ccccc4n(C4=C(C#N)C=C(N5c6ccc(-n7c8c(c9ccccc97)C=CCC8)cc6C6C7C=CC=CC7C=CC65)C(C#N)C4)c3cc21. The maximum atomic E-state index is 11.3. The number of hydrogen-bond donors (Lipinski definition) is 0. The number of hydrogen-bond acceptors (Lipinski definition) is 3. The molecule has 5 heteroatoms. The van der Waals surface area contributed by atoms with E-state index in [4.69, 9.17) is 0 Å². The fourth-order valence-corrected chi connectivity index (χ4v) is 12.7. The quantitative estimate of drug-likeness (QED) is 0.168. The molecule has 0 saturated heterocycles. The number of nitrogens with zero attached hydrogens (tertiary/aromatic N) is 5. The molecule has 0 spiro atoms. The van der Waals surface area contributed by atoms with Crippen molar-refractivity contribution in [3.05, 3.63) is 184 Å². The molecule has 3 heterocycles. The molecule has 5 unspecified atom stereocenters. The highest BCUT2D eigenvalue weighted by Crippen LogP contribution is 2.56. The topological polar surface area (TPSA) is 60.7 Å². The molecule has 62 heavy (non-hydrogen) atoms. The van der Waals surface area contributed by atoms with Gasteiger partial charge in [-0.1, -0.05) is 117 Å². The summed E-state index contributed by atoms with van der Waals surface area (Å²) < 4.78 is 4.81. The minimum Gasteiger partial charge on any atom is -0.336 e. The lowest BCUT2D eigenvalue weighted by atomic mass is 9.70. The van der Waals surface area contributed by atoms with Crippen molar-refractivity contribution in [2.24, 2.45) is 17.8 Å². The third-order valence-electron chi connectivity index (χ3n) is 15.5. The Bertz CT molecular complexity index is 3360. The van der Waals surface area contributed by atoms with E-state index in [-0.39, 0.29) is 23.3 Å². The van der Waals surface area contributed by atoms with Crippen molar-refractivity contribution in [2.75, 3.05) is 4.90 Å². The van der Waals surface area contributed by atoms with E-state index in [1.54, 1.807) is 0 Å². The lowest BCUT2D eigenvalue weighted by molar-refractivity contribution is 0.402. The van der Waals surface area contributed by atoms with Gasteiger partial charge in [0.1, 0.15) is 6.07 Å². The molecule has 0 amide bonds. The number of nitriles is 2.